The van der Waals surface area contributed by atoms with Crippen LogP contribution in [0, 0.1) is 0 Å². The van der Waals surface area contributed by atoms with E-state index in [0.29, 0.717) is 6.42 Å². The number of hydrogen-bond acceptors (Lipinski definition) is 4. The molecule has 1 aliphatic rings. The normalized spacial score (nSPS) is 22.0. The summed E-state index contributed by atoms with van der Waals surface area (Å²) in [6.45, 7) is 0.0199. The molecule has 3 N–H and O–H groups in total. The van der Waals surface area contributed by atoms with Crippen molar-refractivity contribution < 1.29 is 5.11 Å². The molecular weight excluding hydrogens is 238 g/mol. The maximum Gasteiger partial charge on any atom is 0.115 e. The molecule has 0 aliphatic heterocycles. The van der Waals surface area contributed by atoms with Crippen LogP contribution in [0.15, 0.2) is 36.9 Å². The van der Waals surface area contributed by atoms with Gasteiger partial charge >= 0.3 is 0 Å². The average Bonchev–Trinajstić information content (AvgIpc) is 2.47. The summed E-state index contributed by atoms with van der Waals surface area (Å²) in [6.07, 6.45) is 7.59. The maximum atomic E-state index is 9.49. The van der Waals surface area contributed by atoms with Crippen molar-refractivity contribution in [2.75, 3.05) is 6.61 Å². The molecule has 1 aromatic heterocycles. The molecule has 0 bridgehead atoms. The Hall–Kier alpha value is -1.78. The Morgan fingerprint density at radius 3 is 2.79 bits per heavy atom. The van der Waals surface area contributed by atoms with E-state index in [9.17, 15) is 5.11 Å². The first-order valence-electron chi connectivity index (χ1n) is 6.48. The second-order valence-electron chi connectivity index (χ2n) is 5.27. The number of nitrogens with two attached hydrogens (primary N) is 1. The van der Waals surface area contributed by atoms with E-state index in [4.69, 9.17) is 5.73 Å². The van der Waals surface area contributed by atoms with E-state index >= 15 is 0 Å². The van der Waals surface area contributed by atoms with Crippen LogP contribution in [0.1, 0.15) is 17.5 Å². The third-order valence-electron chi connectivity index (χ3n) is 3.88. The van der Waals surface area contributed by atoms with Gasteiger partial charge < -0.3 is 10.8 Å². The van der Waals surface area contributed by atoms with E-state index < -0.39 is 5.54 Å². The highest BCUT2D eigenvalue weighted by molar-refractivity contribution is 5.68. The van der Waals surface area contributed by atoms with Crippen LogP contribution in [0.3, 0.4) is 0 Å². The summed E-state index contributed by atoms with van der Waals surface area (Å²) in [7, 11) is 0. The molecule has 1 atom stereocenters. The zero-order valence-corrected chi connectivity index (χ0v) is 10.7. The number of benzene rings is 1. The summed E-state index contributed by atoms with van der Waals surface area (Å²) in [6, 6.07) is 6.27. The van der Waals surface area contributed by atoms with Gasteiger partial charge in [0.1, 0.15) is 6.33 Å². The van der Waals surface area contributed by atoms with Gasteiger partial charge in [-0.05, 0) is 36.0 Å². The summed E-state index contributed by atoms with van der Waals surface area (Å²) < 4.78 is 0. The molecule has 0 fully saturated rings. The number of rotatable bonds is 2. The highest BCUT2D eigenvalue weighted by atomic mass is 16.3. The fourth-order valence-corrected chi connectivity index (χ4v) is 2.75. The monoisotopic (exact) mass is 255 g/mol. The van der Waals surface area contributed by atoms with Crippen LogP contribution in [0.5, 0.6) is 0 Å². The van der Waals surface area contributed by atoms with Gasteiger partial charge in [-0.25, -0.2) is 9.97 Å². The van der Waals surface area contributed by atoms with Crippen LogP contribution in [0.4, 0.5) is 0 Å². The molecule has 3 rings (SSSR count). The lowest BCUT2D eigenvalue weighted by atomic mass is 9.76. The molecule has 98 valence electrons. The average molecular weight is 255 g/mol. The van der Waals surface area contributed by atoms with Crippen molar-refractivity contribution in [1.29, 1.82) is 0 Å². The van der Waals surface area contributed by atoms with Gasteiger partial charge in [-0.3, -0.25) is 0 Å². The standard InChI is InChI=1S/C15H17N3O/c16-15(9-19)5-4-11-2-1-3-13(14(11)6-15)12-7-17-10-18-8-12/h1-3,7-8,10,19H,4-6,9,16H2. The Labute approximate surface area is 112 Å². The van der Waals surface area contributed by atoms with E-state index in [2.05, 4.69) is 28.2 Å². The minimum Gasteiger partial charge on any atom is -0.394 e. The number of aryl methyl sites for hydroxylation is 1. The molecular formula is C15H17N3O. The quantitative estimate of drug-likeness (QED) is 0.849. The molecule has 4 heteroatoms. The van der Waals surface area contributed by atoms with Gasteiger partial charge in [0, 0.05) is 23.5 Å². The van der Waals surface area contributed by atoms with Crippen LogP contribution in [-0.2, 0) is 12.8 Å². The van der Waals surface area contributed by atoms with Gasteiger partial charge in [-0.1, -0.05) is 18.2 Å². The zero-order valence-electron chi connectivity index (χ0n) is 10.7. The maximum absolute atomic E-state index is 9.49. The minimum absolute atomic E-state index is 0.0199. The minimum atomic E-state index is -0.501. The number of aromatic nitrogens is 2. The molecule has 0 radical (unpaired) electrons. The van der Waals surface area contributed by atoms with Gasteiger partial charge in [-0.15, -0.1) is 0 Å². The predicted octanol–water partition coefficient (Wildman–Crippen LogP) is 1.32. The number of hydrogen-bond donors (Lipinski definition) is 2. The molecule has 0 saturated carbocycles. The molecule has 19 heavy (non-hydrogen) atoms. The molecule has 1 aromatic carbocycles. The van der Waals surface area contributed by atoms with Crippen LogP contribution >= 0.6 is 0 Å². The van der Waals surface area contributed by atoms with E-state index in [1.165, 1.54) is 17.5 Å². The number of aliphatic hydroxyl groups excluding tert-OH is 1. The Morgan fingerprint density at radius 1 is 1.26 bits per heavy atom. The van der Waals surface area contributed by atoms with Gasteiger partial charge in [-0.2, -0.15) is 0 Å². The van der Waals surface area contributed by atoms with Crippen molar-refractivity contribution in [3.63, 3.8) is 0 Å². The first-order valence-corrected chi connectivity index (χ1v) is 6.48. The topological polar surface area (TPSA) is 72.0 Å². The van der Waals surface area contributed by atoms with Crippen LogP contribution < -0.4 is 5.73 Å². The van der Waals surface area contributed by atoms with Crippen LogP contribution in [0.25, 0.3) is 11.1 Å². The zero-order chi connectivity index (χ0) is 13.3. The second-order valence-corrected chi connectivity index (χ2v) is 5.27. The van der Waals surface area contributed by atoms with Crippen molar-refractivity contribution in [3.8, 4) is 11.1 Å². The Morgan fingerprint density at radius 2 is 2.05 bits per heavy atom. The SMILES string of the molecule is NC1(CO)CCc2cccc(-c3cncnc3)c2C1. The summed E-state index contributed by atoms with van der Waals surface area (Å²) in [5.41, 5.74) is 10.4. The Balaban J connectivity index is 2.09. The fraction of sp³-hybridized carbons (Fsp3) is 0.333. The summed E-state index contributed by atoms with van der Waals surface area (Å²) in [5, 5.41) is 9.49. The van der Waals surface area contributed by atoms with Crippen molar-refractivity contribution in [3.05, 3.63) is 48.0 Å². The van der Waals surface area contributed by atoms with Crippen molar-refractivity contribution in [2.24, 2.45) is 5.73 Å². The first-order chi connectivity index (χ1) is 9.22. The first kappa shape index (κ1) is 12.3. The van der Waals surface area contributed by atoms with E-state index in [0.717, 1.165) is 24.0 Å². The van der Waals surface area contributed by atoms with Gasteiger partial charge in [0.15, 0.2) is 0 Å². The number of nitrogens with zero attached hydrogens (tertiary/aromatic N) is 2. The lowest BCUT2D eigenvalue weighted by Gasteiger charge is -2.34. The summed E-state index contributed by atoms with van der Waals surface area (Å²) in [4.78, 5) is 8.15. The van der Waals surface area contributed by atoms with E-state index in [1.807, 2.05) is 12.4 Å². The third-order valence-corrected chi connectivity index (χ3v) is 3.88. The van der Waals surface area contributed by atoms with E-state index in [-0.39, 0.29) is 6.61 Å². The second kappa shape index (κ2) is 4.72. The number of fused-ring (bicyclic) bond motifs is 1. The van der Waals surface area contributed by atoms with Crippen molar-refractivity contribution in [2.45, 2.75) is 24.8 Å². The molecule has 4 nitrogen and oxygen atoms in total. The lowest BCUT2D eigenvalue weighted by Crippen LogP contribution is -2.48. The van der Waals surface area contributed by atoms with E-state index in [1.54, 1.807) is 0 Å². The number of aliphatic hydroxyl groups is 1. The fourth-order valence-electron chi connectivity index (χ4n) is 2.75. The lowest BCUT2D eigenvalue weighted by molar-refractivity contribution is 0.181. The smallest absolute Gasteiger partial charge is 0.115 e. The Kier molecular flexibility index (Phi) is 3.05. The molecule has 1 unspecified atom stereocenters. The highest BCUT2D eigenvalue weighted by Gasteiger charge is 2.31. The van der Waals surface area contributed by atoms with Crippen molar-refractivity contribution >= 4 is 0 Å². The molecule has 1 heterocycles. The summed E-state index contributed by atoms with van der Waals surface area (Å²) >= 11 is 0. The molecule has 0 spiro atoms. The third kappa shape index (κ3) is 2.25. The van der Waals surface area contributed by atoms with Crippen molar-refractivity contribution in [1.82, 2.24) is 9.97 Å². The molecule has 1 aliphatic carbocycles. The summed E-state index contributed by atoms with van der Waals surface area (Å²) in [5.74, 6) is 0. The highest BCUT2D eigenvalue weighted by Crippen LogP contribution is 2.33. The van der Waals surface area contributed by atoms with Gasteiger partial charge in [0.05, 0.1) is 6.61 Å². The molecule has 0 amide bonds. The van der Waals surface area contributed by atoms with Crippen LogP contribution in [0.2, 0.25) is 0 Å². The molecule has 0 saturated heterocycles. The van der Waals surface area contributed by atoms with Gasteiger partial charge in [0.2, 0.25) is 0 Å². The van der Waals surface area contributed by atoms with Gasteiger partial charge in [0.25, 0.3) is 0 Å². The Bertz CT molecular complexity index is 585. The largest absolute Gasteiger partial charge is 0.394 e. The van der Waals surface area contributed by atoms with Crippen LogP contribution in [-0.4, -0.2) is 27.2 Å². The molecule has 2 aromatic rings. The predicted molar refractivity (Wildman–Crippen MR) is 73.5 cm³/mol.